The maximum absolute atomic E-state index is 3.69. The van der Waals surface area contributed by atoms with Crippen LogP contribution in [0.2, 0.25) is 0 Å². The second-order valence-electron chi connectivity index (χ2n) is 7.02. The molecule has 0 bridgehead atoms. The zero-order valence-corrected chi connectivity index (χ0v) is 13.1. The molecule has 2 rings (SSSR count). The van der Waals surface area contributed by atoms with Gasteiger partial charge in [0.15, 0.2) is 0 Å². The molecule has 1 fully saturated rings. The molecule has 1 aliphatic heterocycles. The van der Waals surface area contributed by atoms with Crippen molar-refractivity contribution in [3.8, 4) is 0 Å². The molecule has 2 unspecified atom stereocenters. The zero-order chi connectivity index (χ0) is 13.7. The summed E-state index contributed by atoms with van der Waals surface area (Å²) in [7, 11) is 0. The number of rotatable bonds is 5. The fourth-order valence-electron chi connectivity index (χ4n) is 3.67. The van der Waals surface area contributed by atoms with E-state index >= 15 is 0 Å². The summed E-state index contributed by atoms with van der Waals surface area (Å²) in [5, 5.41) is 3.69. The van der Waals surface area contributed by atoms with Crippen molar-refractivity contribution in [2.45, 2.75) is 46.5 Å². The fourth-order valence-corrected chi connectivity index (χ4v) is 3.67. The van der Waals surface area contributed by atoms with Gasteiger partial charge in [0.25, 0.3) is 0 Å². The van der Waals surface area contributed by atoms with E-state index in [0.717, 1.165) is 17.8 Å². The molecular weight excluding hydrogens is 232 g/mol. The van der Waals surface area contributed by atoms with Gasteiger partial charge in [-0.15, -0.1) is 0 Å². The molecule has 0 aromatic heterocycles. The van der Waals surface area contributed by atoms with E-state index in [-0.39, 0.29) is 0 Å². The predicted octanol–water partition coefficient (Wildman–Crippen LogP) is 3.30. The topological polar surface area (TPSA) is 15.3 Å². The van der Waals surface area contributed by atoms with Gasteiger partial charge in [-0.1, -0.05) is 25.5 Å². The van der Waals surface area contributed by atoms with Crippen LogP contribution in [0.3, 0.4) is 0 Å². The Labute approximate surface area is 119 Å². The van der Waals surface area contributed by atoms with Crippen LogP contribution in [0.25, 0.3) is 0 Å². The third-order valence-corrected chi connectivity index (χ3v) is 4.80. The number of nitrogens with one attached hydrogen (secondary N) is 1. The van der Waals surface area contributed by atoms with E-state index in [1.54, 1.807) is 5.57 Å². The van der Waals surface area contributed by atoms with E-state index in [1.165, 1.54) is 58.4 Å². The highest BCUT2D eigenvalue weighted by molar-refractivity contribution is 5.06. The average Bonchev–Trinajstić information content (AvgIpc) is 2.36. The molecule has 2 aliphatic rings. The lowest BCUT2D eigenvalue weighted by Gasteiger charge is -2.30. The summed E-state index contributed by atoms with van der Waals surface area (Å²) in [6, 6.07) is 0. The van der Waals surface area contributed by atoms with Crippen LogP contribution in [0, 0.1) is 17.8 Å². The molecule has 1 N–H and O–H groups in total. The van der Waals surface area contributed by atoms with Gasteiger partial charge in [-0.05, 0) is 70.0 Å². The van der Waals surface area contributed by atoms with Crippen LogP contribution in [0.5, 0.6) is 0 Å². The predicted molar refractivity (Wildman–Crippen MR) is 83.4 cm³/mol. The van der Waals surface area contributed by atoms with Gasteiger partial charge in [-0.3, -0.25) is 0 Å². The Morgan fingerprint density at radius 2 is 2.00 bits per heavy atom. The fraction of sp³-hybridized carbons (Fsp3) is 0.882. The highest BCUT2D eigenvalue weighted by atomic mass is 15.1. The van der Waals surface area contributed by atoms with Gasteiger partial charge < -0.3 is 10.2 Å². The standard InChI is InChI=1S/C17H32N2/c1-14-4-7-19(8-5-14)9-6-18-13-17-11-15(2)10-16(3)12-17/h10,14-15,17-18H,4-9,11-13H2,1-3H3. The Kier molecular flexibility index (Phi) is 5.90. The van der Waals surface area contributed by atoms with Crippen LogP contribution in [0.1, 0.15) is 46.5 Å². The minimum Gasteiger partial charge on any atom is -0.315 e. The Morgan fingerprint density at radius 1 is 1.26 bits per heavy atom. The van der Waals surface area contributed by atoms with Gasteiger partial charge in [0, 0.05) is 13.1 Å². The summed E-state index contributed by atoms with van der Waals surface area (Å²) in [5.41, 5.74) is 1.59. The largest absolute Gasteiger partial charge is 0.315 e. The van der Waals surface area contributed by atoms with Crippen molar-refractivity contribution in [2.24, 2.45) is 17.8 Å². The van der Waals surface area contributed by atoms with Crippen molar-refractivity contribution < 1.29 is 0 Å². The van der Waals surface area contributed by atoms with Gasteiger partial charge in [0.2, 0.25) is 0 Å². The Bertz CT molecular complexity index is 290. The number of hydrogen-bond acceptors (Lipinski definition) is 2. The van der Waals surface area contributed by atoms with Gasteiger partial charge >= 0.3 is 0 Å². The molecule has 0 aromatic rings. The summed E-state index contributed by atoms with van der Waals surface area (Å²) in [5.74, 6) is 2.59. The van der Waals surface area contributed by atoms with E-state index in [4.69, 9.17) is 0 Å². The number of piperidine rings is 1. The minimum absolute atomic E-state index is 0.782. The van der Waals surface area contributed by atoms with Crippen molar-refractivity contribution in [1.29, 1.82) is 0 Å². The van der Waals surface area contributed by atoms with Crippen molar-refractivity contribution in [3.05, 3.63) is 11.6 Å². The molecule has 1 heterocycles. The molecule has 110 valence electrons. The number of allylic oxidation sites excluding steroid dienone is 2. The van der Waals surface area contributed by atoms with Crippen LogP contribution in [0.15, 0.2) is 11.6 Å². The lowest BCUT2D eigenvalue weighted by Crippen LogP contribution is -2.39. The summed E-state index contributed by atoms with van der Waals surface area (Å²) in [6.45, 7) is 13.3. The van der Waals surface area contributed by atoms with Gasteiger partial charge in [-0.2, -0.15) is 0 Å². The second kappa shape index (κ2) is 7.44. The van der Waals surface area contributed by atoms with Crippen molar-refractivity contribution >= 4 is 0 Å². The van der Waals surface area contributed by atoms with Crippen molar-refractivity contribution in [3.63, 3.8) is 0 Å². The first-order valence-corrected chi connectivity index (χ1v) is 8.24. The summed E-state index contributed by atoms with van der Waals surface area (Å²) in [4.78, 5) is 2.63. The molecular formula is C17H32N2. The normalized spacial score (nSPS) is 30.4. The Hall–Kier alpha value is -0.340. The average molecular weight is 264 g/mol. The van der Waals surface area contributed by atoms with Crippen LogP contribution >= 0.6 is 0 Å². The van der Waals surface area contributed by atoms with Crippen molar-refractivity contribution in [2.75, 3.05) is 32.7 Å². The maximum atomic E-state index is 3.69. The van der Waals surface area contributed by atoms with Crippen molar-refractivity contribution in [1.82, 2.24) is 10.2 Å². The van der Waals surface area contributed by atoms with Crippen LogP contribution < -0.4 is 5.32 Å². The second-order valence-corrected chi connectivity index (χ2v) is 7.02. The SMILES string of the molecule is CC1=CC(C)CC(CNCCN2CCC(C)CC2)C1. The highest BCUT2D eigenvalue weighted by Gasteiger charge is 2.18. The monoisotopic (exact) mass is 264 g/mol. The molecule has 0 radical (unpaired) electrons. The molecule has 19 heavy (non-hydrogen) atoms. The smallest absolute Gasteiger partial charge is 0.0107 e. The number of nitrogens with zero attached hydrogens (tertiary/aromatic N) is 1. The lowest BCUT2D eigenvalue weighted by atomic mass is 9.84. The molecule has 2 heteroatoms. The van der Waals surface area contributed by atoms with E-state index in [9.17, 15) is 0 Å². The maximum Gasteiger partial charge on any atom is 0.0107 e. The van der Waals surface area contributed by atoms with Crippen LogP contribution in [-0.4, -0.2) is 37.6 Å². The molecule has 1 aliphatic carbocycles. The zero-order valence-electron chi connectivity index (χ0n) is 13.1. The highest BCUT2D eigenvalue weighted by Crippen LogP contribution is 2.27. The molecule has 0 spiro atoms. The molecule has 0 aromatic carbocycles. The van der Waals surface area contributed by atoms with Gasteiger partial charge in [-0.25, -0.2) is 0 Å². The first-order chi connectivity index (χ1) is 9.13. The van der Waals surface area contributed by atoms with E-state index in [2.05, 4.69) is 37.1 Å². The summed E-state index contributed by atoms with van der Waals surface area (Å²) >= 11 is 0. The molecule has 1 saturated heterocycles. The number of hydrogen-bond donors (Lipinski definition) is 1. The molecule has 0 amide bonds. The minimum atomic E-state index is 0.782. The van der Waals surface area contributed by atoms with Gasteiger partial charge in [0.1, 0.15) is 0 Å². The van der Waals surface area contributed by atoms with E-state index < -0.39 is 0 Å². The quantitative estimate of drug-likeness (QED) is 0.605. The Balaban J connectivity index is 1.56. The lowest BCUT2D eigenvalue weighted by molar-refractivity contribution is 0.192. The Morgan fingerprint density at radius 3 is 2.68 bits per heavy atom. The third-order valence-electron chi connectivity index (χ3n) is 4.80. The van der Waals surface area contributed by atoms with E-state index in [1.807, 2.05) is 0 Å². The first-order valence-electron chi connectivity index (χ1n) is 8.24. The summed E-state index contributed by atoms with van der Waals surface area (Å²) < 4.78 is 0. The number of likely N-dealkylation sites (tertiary alicyclic amines) is 1. The molecule has 2 nitrogen and oxygen atoms in total. The van der Waals surface area contributed by atoms with Crippen LogP contribution in [0.4, 0.5) is 0 Å². The van der Waals surface area contributed by atoms with Gasteiger partial charge in [0.05, 0.1) is 0 Å². The third kappa shape index (κ3) is 5.27. The molecule has 2 atom stereocenters. The molecule has 0 saturated carbocycles. The van der Waals surface area contributed by atoms with Crippen LogP contribution in [-0.2, 0) is 0 Å². The van der Waals surface area contributed by atoms with E-state index in [0.29, 0.717) is 0 Å². The summed E-state index contributed by atoms with van der Waals surface area (Å²) in [6.07, 6.45) is 7.91. The first kappa shape index (κ1) is 15.1.